The summed E-state index contributed by atoms with van der Waals surface area (Å²) in [6.07, 6.45) is 0. The summed E-state index contributed by atoms with van der Waals surface area (Å²) in [5.74, 6) is -0.183. The molecule has 1 fully saturated rings. The topological polar surface area (TPSA) is 18.5 Å². The minimum Gasteiger partial charge on any atom is -0.366 e. The third-order valence-electron chi connectivity index (χ3n) is 3.88. The highest BCUT2D eigenvalue weighted by molar-refractivity contribution is 7.80. The van der Waals surface area contributed by atoms with Gasteiger partial charge in [0.2, 0.25) is 0 Å². The maximum absolute atomic E-state index is 13.9. The van der Waals surface area contributed by atoms with Gasteiger partial charge in [0.05, 0.1) is 16.4 Å². The van der Waals surface area contributed by atoms with Crippen molar-refractivity contribution >= 4 is 40.3 Å². The molecule has 120 valence electrons. The predicted octanol–water partition coefficient (Wildman–Crippen LogP) is 4.00. The van der Waals surface area contributed by atoms with E-state index >= 15 is 0 Å². The Bertz CT molecular complexity index is 702. The summed E-state index contributed by atoms with van der Waals surface area (Å²) in [6.45, 7) is 2.94. The average molecular weight is 350 g/mol. The molecule has 0 aromatic heterocycles. The lowest BCUT2D eigenvalue weighted by molar-refractivity contribution is 0.388. The zero-order valence-corrected chi connectivity index (χ0v) is 14.1. The Balaban J connectivity index is 1.60. The van der Waals surface area contributed by atoms with E-state index < -0.39 is 0 Å². The molecular formula is C17H17ClFN3S. The van der Waals surface area contributed by atoms with Gasteiger partial charge in [-0.05, 0) is 36.5 Å². The standard InChI is InChI=1S/C17H17ClFN3S/c18-13-5-1-3-7-15(13)20-17(23)22-11-9-21(10-12-22)16-8-4-2-6-14(16)19/h1-8H,9-12H2,(H,20,23). The first-order valence-electron chi connectivity index (χ1n) is 7.45. The molecule has 2 aromatic rings. The quantitative estimate of drug-likeness (QED) is 0.826. The third-order valence-corrected chi connectivity index (χ3v) is 4.57. The predicted molar refractivity (Wildman–Crippen MR) is 97.9 cm³/mol. The summed E-state index contributed by atoms with van der Waals surface area (Å²) in [4.78, 5) is 4.12. The van der Waals surface area contributed by atoms with Crippen LogP contribution in [0.5, 0.6) is 0 Å². The van der Waals surface area contributed by atoms with Crippen molar-refractivity contribution in [1.29, 1.82) is 0 Å². The highest BCUT2D eigenvalue weighted by Gasteiger charge is 2.21. The van der Waals surface area contributed by atoms with E-state index in [9.17, 15) is 4.39 Å². The molecule has 0 aliphatic carbocycles. The first-order valence-corrected chi connectivity index (χ1v) is 8.24. The van der Waals surface area contributed by atoms with Crippen LogP contribution in [-0.4, -0.2) is 36.2 Å². The van der Waals surface area contributed by atoms with Gasteiger partial charge < -0.3 is 15.1 Å². The van der Waals surface area contributed by atoms with Gasteiger partial charge in [-0.25, -0.2) is 4.39 Å². The largest absolute Gasteiger partial charge is 0.366 e. The molecule has 1 N–H and O–H groups in total. The lowest BCUT2D eigenvalue weighted by atomic mass is 10.2. The van der Waals surface area contributed by atoms with Crippen molar-refractivity contribution in [1.82, 2.24) is 4.90 Å². The van der Waals surface area contributed by atoms with Crippen LogP contribution in [0.15, 0.2) is 48.5 Å². The first kappa shape index (κ1) is 16.0. The Morgan fingerprint density at radius 3 is 2.35 bits per heavy atom. The fourth-order valence-electron chi connectivity index (χ4n) is 2.62. The third kappa shape index (κ3) is 3.74. The number of benzene rings is 2. The number of nitrogens with one attached hydrogen (secondary N) is 1. The molecule has 0 amide bonds. The number of rotatable bonds is 2. The lowest BCUT2D eigenvalue weighted by Crippen LogP contribution is -2.50. The maximum atomic E-state index is 13.9. The number of hydrogen-bond donors (Lipinski definition) is 1. The highest BCUT2D eigenvalue weighted by Crippen LogP contribution is 2.22. The van der Waals surface area contributed by atoms with E-state index in [0.717, 1.165) is 31.9 Å². The fraction of sp³-hybridized carbons (Fsp3) is 0.235. The van der Waals surface area contributed by atoms with E-state index in [1.165, 1.54) is 6.07 Å². The van der Waals surface area contributed by atoms with Crippen LogP contribution in [0, 0.1) is 5.82 Å². The van der Waals surface area contributed by atoms with Crippen LogP contribution >= 0.6 is 23.8 Å². The monoisotopic (exact) mass is 349 g/mol. The van der Waals surface area contributed by atoms with Gasteiger partial charge in [-0.15, -0.1) is 0 Å². The number of piperazine rings is 1. The number of anilines is 2. The van der Waals surface area contributed by atoms with Crippen LogP contribution in [0.4, 0.5) is 15.8 Å². The van der Waals surface area contributed by atoms with Crippen molar-refractivity contribution in [3.8, 4) is 0 Å². The van der Waals surface area contributed by atoms with E-state index in [1.807, 2.05) is 41.3 Å². The first-order chi connectivity index (χ1) is 11.1. The summed E-state index contributed by atoms with van der Waals surface area (Å²) in [7, 11) is 0. The second-order valence-electron chi connectivity index (χ2n) is 5.34. The Labute approximate surface area is 145 Å². The van der Waals surface area contributed by atoms with E-state index in [1.54, 1.807) is 6.07 Å². The number of thiocarbonyl (C=S) groups is 1. The van der Waals surface area contributed by atoms with Crippen LogP contribution in [0.2, 0.25) is 5.02 Å². The molecule has 0 spiro atoms. The number of nitrogens with zero attached hydrogens (tertiary/aromatic N) is 2. The maximum Gasteiger partial charge on any atom is 0.173 e. The number of para-hydroxylation sites is 2. The normalized spacial score (nSPS) is 14.7. The molecule has 0 saturated carbocycles. The van der Waals surface area contributed by atoms with Crippen molar-refractivity contribution in [2.45, 2.75) is 0 Å². The molecule has 0 radical (unpaired) electrons. The zero-order chi connectivity index (χ0) is 16.2. The van der Waals surface area contributed by atoms with Gasteiger partial charge in [0.15, 0.2) is 5.11 Å². The molecule has 1 saturated heterocycles. The summed E-state index contributed by atoms with van der Waals surface area (Å²) >= 11 is 11.6. The average Bonchev–Trinajstić information content (AvgIpc) is 2.57. The number of halogens is 2. The van der Waals surface area contributed by atoms with Crippen molar-refractivity contribution in [3.63, 3.8) is 0 Å². The Morgan fingerprint density at radius 2 is 1.65 bits per heavy atom. The second-order valence-corrected chi connectivity index (χ2v) is 6.13. The van der Waals surface area contributed by atoms with E-state index in [4.69, 9.17) is 23.8 Å². The van der Waals surface area contributed by atoms with Gasteiger partial charge in [-0.2, -0.15) is 0 Å². The van der Waals surface area contributed by atoms with Crippen LogP contribution in [0.3, 0.4) is 0 Å². The Morgan fingerprint density at radius 1 is 1.00 bits per heavy atom. The number of hydrogen-bond acceptors (Lipinski definition) is 2. The van der Waals surface area contributed by atoms with Gasteiger partial charge in [0.25, 0.3) is 0 Å². The van der Waals surface area contributed by atoms with Gasteiger partial charge in [-0.1, -0.05) is 35.9 Å². The Hall–Kier alpha value is -1.85. The van der Waals surface area contributed by atoms with Crippen LogP contribution < -0.4 is 10.2 Å². The molecule has 6 heteroatoms. The molecule has 1 heterocycles. The van der Waals surface area contributed by atoms with E-state index in [-0.39, 0.29) is 5.82 Å². The minimum absolute atomic E-state index is 0.183. The second kappa shape index (κ2) is 7.15. The molecule has 1 aliphatic rings. The summed E-state index contributed by atoms with van der Waals surface area (Å²) in [5, 5.41) is 4.46. The molecule has 23 heavy (non-hydrogen) atoms. The van der Waals surface area contributed by atoms with Crippen LogP contribution in [0.25, 0.3) is 0 Å². The molecular weight excluding hydrogens is 333 g/mol. The van der Waals surface area contributed by atoms with Crippen LogP contribution in [-0.2, 0) is 0 Å². The van der Waals surface area contributed by atoms with Crippen molar-refractivity contribution in [2.75, 3.05) is 36.4 Å². The molecule has 2 aromatic carbocycles. The summed E-state index contributed by atoms with van der Waals surface area (Å²) in [6, 6.07) is 14.4. The van der Waals surface area contributed by atoms with Crippen molar-refractivity contribution in [3.05, 3.63) is 59.4 Å². The van der Waals surface area contributed by atoms with Crippen molar-refractivity contribution in [2.24, 2.45) is 0 Å². The summed E-state index contributed by atoms with van der Waals surface area (Å²) in [5.41, 5.74) is 1.45. The molecule has 0 atom stereocenters. The van der Waals surface area contributed by atoms with E-state index in [0.29, 0.717) is 15.8 Å². The van der Waals surface area contributed by atoms with Crippen molar-refractivity contribution < 1.29 is 4.39 Å². The van der Waals surface area contributed by atoms with Crippen LogP contribution in [0.1, 0.15) is 0 Å². The smallest absolute Gasteiger partial charge is 0.173 e. The molecule has 0 unspecified atom stereocenters. The highest BCUT2D eigenvalue weighted by atomic mass is 35.5. The van der Waals surface area contributed by atoms with Gasteiger partial charge in [0, 0.05) is 26.2 Å². The minimum atomic E-state index is -0.183. The lowest BCUT2D eigenvalue weighted by Gasteiger charge is -2.37. The molecule has 3 nitrogen and oxygen atoms in total. The van der Waals surface area contributed by atoms with E-state index in [2.05, 4.69) is 10.2 Å². The Kier molecular flexibility index (Phi) is 4.98. The zero-order valence-electron chi connectivity index (χ0n) is 12.5. The summed E-state index contributed by atoms with van der Waals surface area (Å²) < 4.78 is 13.9. The molecule has 1 aliphatic heterocycles. The van der Waals surface area contributed by atoms with Gasteiger partial charge in [0.1, 0.15) is 5.82 Å². The SMILES string of the molecule is Fc1ccccc1N1CCN(C(=S)Nc2ccccc2Cl)CC1. The van der Waals surface area contributed by atoms with Gasteiger partial charge >= 0.3 is 0 Å². The van der Waals surface area contributed by atoms with Gasteiger partial charge in [-0.3, -0.25) is 0 Å². The fourth-order valence-corrected chi connectivity index (χ4v) is 3.09. The molecule has 0 bridgehead atoms. The molecule has 3 rings (SSSR count).